The van der Waals surface area contributed by atoms with Gasteiger partial charge < -0.3 is 14.5 Å². The molecule has 1 amide bonds. The molecule has 3 aromatic carbocycles. The van der Waals surface area contributed by atoms with Crippen LogP contribution >= 0.6 is 0 Å². The van der Waals surface area contributed by atoms with Gasteiger partial charge in [-0.15, -0.1) is 0 Å². The summed E-state index contributed by atoms with van der Waals surface area (Å²) in [6.07, 6.45) is 0. The number of carbonyl (C=O) groups excluding carboxylic acids is 1. The number of anilines is 1. The Kier molecular flexibility index (Phi) is 4.81. The van der Waals surface area contributed by atoms with E-state index in [1.807, 2.05) is 80.6 Å². The Labute approximate surface area is 163 Å². The van der Waals surface area contributed by atoms with Crippen LogP contribution in [-0.4, -0.2) is 17.5 Å². The Bertz CT molecular complexity index is 1090. The second kappa shape index (κ2) is 7.56. The molecule has 0 spiro atoms. The van der Waals surface area contributed by atoms with E-state index in [0.717, 1.165) is 33.5 Å². The SMILES string of the molecule is Cc1cccc(C)c1OCC(=O)Nc1cccc(-c2nc3ccccc3o2)c1. The van der Waals surface area contributed by atoms with Crippen molar-refractivity contribution < 1.29 is 13.9 Å². The van der Waals surface area contributed by atoms with Crippen LogP contribution in [0, 0.1) is 13.8 Å². The van der Waals surface area contributed by atoms with Gasteiger partial charge in [0.25, 0.3) is 5.91 Å². The van der Waals surface area contributed by atoms with Crippen LogP contribution in [0.15, 0.2) is 71.1 Å². The fourth-order valence-corrected chi connectivity index (χ4v) is 3.09. The summed E-state index contributed by atoms with van der Waals surface area (Å²) >= 11 is 0. The number of ether oxygens (including phenoxy) is 1. The van der Waals surface area contributed by atoms with Gasteiger partial charge in [0, 0.05) is 11.3 Å². The number of oxazole rings is 1. The van der Waals surface area contributed by atoms with Crippen LogP contribution in [0.5, 0.6) is 5.75 Å². The molecule has 0 saturated heterocycles. The summed E-state index contributed by atoms with van der Waals surface area (Å²) in [5.74, 6) is 1.04. The summed E-state index contributed by atoms with van der Waals surface area (Å²) in [6.45, 7) is 3.87. The number of nitrogens with zero attached hydrogens (tertiary/aromatic N) is 1. The standard InChI is InChI=1S/C23H20N2O3/c1-15-7-5-8-16(2)22(15)27-14-21(26)24-18-10-6-9-17(13-18)23-25-19-11-3-4-12-20(19)28-23/h3-13H,14H2,1-2H3,(H,24,26). The van der Waals surface area contributed by atoms with Gasteiger partial charge in [-0.05, 0) is 55.3 Å². The van der Waals surface area contributed by atoms with Crippen molar-refractivity contribution in [1.82, 2.24) is 4.98 Å². The minimum absolute atomic E-state index is 0.0567. The maximum atomic E-state index is 12.3. The Morgan fingerprint density at radius 2 is 1.75 bits per heavy atom. The molecule has 1 N–H and O–H groups in total. The van der Waals surface area contributed by atoms with Gasteiger partial charge in [-0.2, -0.15) is 0 Å². The Morgan fingerprint density at radius 1 is 1.00 bits per heavy atom. The molecule has 140 valence electrons. The molecule has 0 aliphatic heterocycles. The van der Waals surface area contributed by atoms with Crippen molar-refractivity contribution in [1.29, 1.82) is 0 Å². The smallest absolute Gasteiger partial charge is 0.262 e. The Hall–Kier alpha value is -3.60. The maximum absolute atomic E-state index is 12.3. The van der Waals surface area contributed by atoms with Gasteiger partial charge >= 0.3 is 0 Å². The highest BCUT2D eigenvalue weighted by atomic mass is 16.5. The molecule has 0 aliphatic rings. The zero-order valence-corrected chi connectivity index (χ0v) is 15.7. The van der Waals surface area contributed by atoms with Crippen LogP contribution in [0.25, 0.3) is 22.6 Å². The minimum Gasteiger partial charge on any atom is -0.483 e. The van der Waals surface area contributed by atoms with Crippen molar-refractivity contribution in [3.8, 4) is 17.2 Å². The first-order valence-corrected chi connectivity index (χ1v) is 9.05. The first-order chi connectivity index (χ1) is 13.6. The third-order valence-corrected chi connectivity index (χ3v) is 4.44. The van der Waals surface area contributed by atoms with E-state index in [9.17, 15) is 4.79 Å². The topological polar surface area (TPSA) is 64.4 Å². The second-order valence-electron chi connectivity index (χ2n) is 6.63. The molecule has 1 heterocycles. The van der Waals surface area contributed by atoms with Gasteiger partial charge in [-0.1, -0.05) is 36.4 Å². The zero-order chi connectivity index (χ0) is 19.5. The summed E-state index contributed by atoms with van der Waals surface area (Å²) in [4.78, 5) is 16.8. The lowest BCUT2D eigenvalue weighted by Gasteiger charge is -2.12. The van der Waals surface area contributed by atoms with Crippen molar-refractivity contribution in [3.63, 3.8) is 0 Å². The van der Waals surface area contributed by atoms with E-state index in [1.54, 1.807) is 0 Å². The van der Waals surface area contributed by atoms with E-state index in [1.165, 1.54) is 0 Å². The molecule has 5 nitrogen and oxygen atoms in total. The summed E-state index contributed by atoms with van der Waals surface area (Å²) < 4.78 is 11.5. The second-order valence-corrected chi connectivity index (χ2v) is 6.63. The number of hydrogen-bond donors (Lipinski definition) is 1. The lowest BCUT2D eigenvalue weighted by atomic mass is 10.1. The van der Waals surface area contributed by atoms with E-state index in [4.69, 9.17) is 9.15 Å². The zero-order valence-electron chi connectivity index (χ0n) is 15.7. The molecule has 5 heteroatoms. The van der Waals surface area contributed by atoms with Gasteiger partial charge in [-0.25, -0.2) is 4.98 Å². The van der Waals surface area contributed by atoms with Gasteiger partial charge in [-0.3, -0.25) is 4.79 Å². The fourth-order valence-electron chi connectivity index (χ4n) is 3.09. The minimum atomic E-state index is -0.225. The van der Waals surface area contributed by atoms with Crippen LogP contribution in [0.3, 0.4) is 0 Å². The van der Waals surface area contributed by atoms with Gasteiger partial charge in [0.1, 0.15) is 11.3 Å². The van der Waals surface area contributed by atoms with E-state index in [0.29, 0.717) is 11.6 Å². The number of fused-ring (bicyclic) bond motifs is 1. The lowest BCUT2D eigenvalue weighted by Crippen LogP contribution is -2.20. The van der Waals surface area contributed by atoms with Crippen molar-refractivity contribution in [3.05, 3.63) is 77.9 Å². The van der Waals surface area contributed by atoms with Crippen LogP contribution in [0.1, 0.15) is 11.1 Å². The van der Waals surface area contributed by atoms with Crippen LogP contribution in [0.2, 0.25) is 0 Å². The third kappa shape index (κ3) is 3.74. The van der Waals surface area contributed by atoms with Gasteiger partial charge in [0.05, 0.1) is 0 Å². The number of rotatable bonds is 5. The highest BCUT2D eigenvalue weighted by Crippen LogP contribution is 2.26. The molecule has 0 fully saturated rings. The number of aryl methyl sites for hydroxylation is 2. The van der Waals surface area contributed by atoms with Gasteiger partial charge in [0.15, 0.2) is 12.2 Å². The van der Waals surface area contributed by atoms with E-state index in [-0.39, 0.29) is 12.5 Å². The average Bonchev–Trinajstić information content (AvgIpc) is 3.12. The summed E-state index contributed by atoms with van der Waals surface area (Å²) in [5, 5.41) is 2.86. The average molecular weight is 372 g/mol. The first-order valence-electron chi connectivity index (χ1n) is 9.05. The summed E-state index contributed by atoms with van der Waals surface area (Å²) in [5.41, 5.74) is 5.00. The summed E-state index contributed by atoms with van der Waals surface area (Å²) in [7, 11) is 0. The highest BCUT2D eigenvalue weighted by molar-refractivity contribution is 5.92. The molecule has 4 rings (SSSR count). The van der Waals surface area contributed by atoms with Gasteiger partial charge in [0.2, 0.25) is 5.89 Å². The lowest BCUT2D eigenvalue weighted by molar-refractivity contribution is -0.118. The third-order valence-electron chi connectivity index (χ3n) is 4.44. The largest absolute Gasteiger partial charge is 0.483 e. The van der Waals surface area contributed by atoms with Crippen molar-refractivity contribution >= 4 is 22.7 Å². The van der Waals surface area contributed by atoms with Crippen LogP contribution in [0.4, 0.5) is 5.69 Å². The maximum Gasteiger partial charge on any atom is 0.262 e. The molecule has 1 aromatic heterocycles. The van der Waals surface area contributed by atoms with E-state index < -0.39 is 0 Å². The fraction of sp³-hybridized carbons (Fsp3) is 0.130. The molecule has 0 unspecified atom stereocenters. The molecule has 0 atom stereocenters. The van der Waals surface area contributed by atoms with Crippen molar-refractivity contribution in [2.24, 2.45) is 0 Å². The van der Waals surface area contributed by atoms with Crippen LogP contribution in [-0.2, 0) is 4.79 Å². The number of para-hydroxylation sites is 3. The van der Waals surface area contributed by atoms with Crippen molar-refractivity contribution in [2.75, 3.05) is 11.9 Å². The molecule has 0 radical (unpaired) electrons. The monoisotopic (exact) mass is 372 g/mol. The molecule has 28 heavy (non-hydrogen) atoms. The number of hydrogen-bond acceptors (Lipinski definition) is 4. The molecule has 0 bridgehead atoms. The normalized spacial score (nSPS) is 10.8. The molecule has 4 aromatic rings. The first kappa shape index (κ1) is 17.8. The predicted molar refractivity (Wildman–Crippen MR) is 109 cm³/mol. The molecule has 0 saturated carbocycles. The molecular weight excluding hydrogens is 352 g/mol. The number of nitrogens with one attached hydrogen (secondary N) is 1. The highest BCUT2D eigenvalue weighted by Gasteiger charge is 2.11. The number of carbonyl (C=O) groups is 1. The Balaban J connectivity index is 1.46. The predicted octanol–water partition coefficient (Wildman–Crippen LogP) is 5.13. The van der Waals surface area contributed by atoms with E-state index >= 15 is 0 Å². The van der Waals surface area contributed by atoms with Crippen LogP contribution < -0.4 is 10.1 Å². The molecular formula is C23H20N2O3. The number of aromatic nitrogens is 1. The quantitative estimate of drug-likeness (QED) is 0.527. The number of amides is 1. The molecule has 0 aliphatic carbocycles. The Morgan fingerprint density at radius 3 is 2.54 bits per heavy atom. The summed E-state index contributed by atoms with van der Waals surface area (Å²) in [6, 6.07) is 20.9. The van der Waals surface area contributed by atoms with Crippen molar-refractivity contribution in [2.45, 2.75) is 13.8 Å². The number of benzene rings is 3. The van der Waals surface area contributed by atoms with E-state index in [2.05, 4.69) is 10.3 Å².